The first-order valence-corrected chi connectivity index (χ1v) is 10.6. The Bertz CT molecular complexity index is 877. The Morgan fingerprint density at radius 1 is 1.07 bits per heavy atom. The lowest BCUT2D eigenvalue weighted by Gasteiger charge is -2.35. The molecule has 0 atom stereocenters. The molecular weight excluding hydrogens is 396 g/mol. The lowest BCUT2D eigenvalue weighted by molar-refractivity contribution is -0.117. The molecule has 2 aromatic rings. The quantitative estimate of drug-likeness (QED) is 0.693. The summed E-state index contributed by atoms with van der Waals surface area (Å²) in [4.78, 5) is 16.8. The van der Waals surface area contributed by atoms with Crippen molar-refractivity contribution in [2.75, 3.05) is 45.2 Å². The number of hydrogen-bond donors (Lipinski definition) is 2. The van der Waals surface area contributed by atoms with Crippen molar-refractivity contribution in [2.45, 2.75) is 20.4 Å². The molecule has 2 aromatic carbocycles. The van der Waals surface area contributed by atoms with Gasteiger partial charge in [0.05, 0.1) is 13.7 Å². The van der Waals surface area contributed by atoms with Crippen LogP contribution in [-0.2, 0) is 11.3 Å². The van der Waals surface area contributed by atoms with Crippen LogP contribution in [0.1, 0.15) is 16.7 Å². The number of ether oxygens (including phenoxy) is 1. The predicted octanol–water partition coefficient (Wildman–Crippen LogP) is 2.94. The molecule has 30 heavy (non-hydrogen) atoms. The first kappa shape index (κ1) is 22.1. The van der Waals surface area contributed by atoms with Gasteiger partial charge in [-0.15, -0.1) is 0 Å². The van der Waals surface area contributed by atoms with Crippen molar-refractivity contribution in [1.82, 2.24) is 15.1 Å². The van der Waals surface area contributed by atoms with Crippen LogP contribution in [-0.4, -0.2) is 60.7 Å². The third kappa shape index (κ3) is 5.93. The van der Waals surface area contributed by atoms with Gasteiger partial charge in [-0.25, -0.2) is 0 Å². The van der Waals surface area contributed by atoms with Gasteiger partial charge in [0, 0.05) is 38.4 Å². The molecule has 1 amide bonds. The molecule has 1 saturated heterocycles. The normalized spacial score (nSPS) is 14.3. The van der Waals surface area contributed by atoms with Gasteiger partial charge in [0.25, 0.3) is 0 Å². The highest BCUT2D eigenvalue weighted by atomic mass is 32.1. The monoisotopic (exact) mass is 426 g/mol. The van der Waals surface area contributed by atoms with Crippen molar-refractivity contribution in [3.05, 3.63) is 59.2 Å². The number of nitrogens with zero attached hydrogens (tertiary/aromatic N) is 2. The smallest absolute Gasteiger partial charge is 0.238 e. The zero-order chi connectivity index (χ0) is 21.5. The van der Waals surface area contributed by atoms with Crippen LogP contribution < -0.4 is 15.4 Å². The maximum Gasteiger partial charge on any atom is 0.238 e. The predicted molar refractivity (Wildman–Crippen MR) is 125 cm³/mol. The molecule has 1 fully saturated rings. The zero-order valence-corrected chi connectivity index (χ0v) is 18.7. The van der Waals surface area contributed by atoms with Gasteiger partial charge in [0.15, 0.2) is 5.11 Å². The van der Waals surface area contributed by atoms with Crippen molar-refractivity contribution in [1.29, 1.82) is 0 Å². The van der Waals surface area contributed by atoms with Gasteiger partial charge in [-0.05, 0) is 61.0 Å². The Labute approximate surface area is 184 Å². The van der Waals surface area contributed by atoms with Crippen LogP contribution in [0.5, 0.6) is 5.75 Å². The lowest BCUT2D eigenvalue weighted by Crippen LogP contribution is -2.52. The number of amides is 1. The number of methoxy groups -OCH3 is 1. The highest BCUT2D eigenvalue weighted by molar-refractivity contribution is 7.80. The molecule has 1 aliphatic rings. The van der Waals surface area contributed by atoms with Gasteiger partial charge in [-0.2, -0.15) is 0 Å². The molecule has 1 heterocycles. The zero-order valence-electron chi connectivity index (χ0n) is 17.9. The molecule has 0 aromatic heterocycles. The number of aryl methyl sites for hydroxylation is 1. The van der Waals surface area contributed by atoms with Crippen LogP contribution in [0, 0.1) is 13.8 Å². The van der Waals surface area contributed by atoms with Gasteiger partial charge in [0.1, 0.15) is 5.75 Å². The number of hydrogen-bond acceptors (Lipinski definition) is 4. The summed E-state index contributed by atoms with van der Waals surface area (Å²) in [5.41, 5.74) is 4.34. The fraction of sp³-hybridized carbons (Fsp3) is 0.391. The minimum Gasteiger partial charge on any atom is -0.497 e. The number of rotatable bonds is 6. The minimum atomic E-state index is 0.0253. The van der Waals surface area contributed by atoms with Gasteiger partial charge in [0.2, 0.25) is 5.91 Å². The first-order valence-electron chi connectivity index (χ1n) is 10.2. The van der Waals surface area contributed by atoms with Gasteiger partial charge >= 0.3 is 0 Å². The Balaban J connectivity index is 1.40. The van der Waals surface area contributed by atoms with E-state index in [0.717, 1.165) is 53.9 Å². The van der Waals surface area contributed by atoms with E-state index in [1.807, 2.05) is 43.3 Å². The van der Waals surface area contributed by atoms with Gasteiger partial charge < -0.3 is 20.3 Å². The fourth-order valence-electron chi connectivity index (χ4n) is 3.42. The number of piperazine rings is 1. The Hall–Kier alpha value is -2.64. The van der Waals surface area contributed by atoms with Crippen molar-refractivity contribution >= 4 is 28.9 Å². The Morgan fingerprint density at radius 3 is 2.43 bits per heavy atom. The summed E-state index contributed by atoms with van der Waals surface area (Å²) >= 11 is 5.55. The maximum absolute atomic E-state index is 12.5. The fourth-order valence-corrected chi connectivity index (χ4v) is 3.68. The van der Waals surface area contributed by atoms with Crippen LogP contribution in [0.3, 0.4) is 0 Å². The van der Waals surface area contributed by atoms with Gasteiger partial charge in [-0.1, -0.05) is 24.3 Å². The van der Waals surface area contributed by atoms with Crippen LogP contribution in [0.15, 0.2) is 42.5 Å². The highest BCUT2D eigenvalue weighted by Crippen LogP contribution is 2.18. The first-order chi connectivity index (χ1) is 14.5. The SMILES string of the molecule is COc1ccc(CNC(=S)N2CCN(CC(=O)Nc3cccc(C)c3C)CC2)cc1. The molecular formula is C23H30N4O2S. The maximum atomic E-state index is 12.5. The van der Waals surface area contributed by atoms with E-state index in [2.05, 4.69) is 33.4 Å². The van der Waals surface area contributed by atoms with E-state index in [9.17, 15) is 4.79 Å². The van der Waals surface area contributed by atoms with Crippen LogP contribution in [0.25, 0.3) is 0 Å². The summed E-state index contributed by atoms with van der Waals surface area (Å²) in [5.74, 6) is 0.872. The Morgan fingerprint density at radius 2 is 1.77 bits per heavy atom. The van der Waals surface area contributed by atoms with E-state index < -0.39 is 0 Å². The van der Waals surface area contributed by atoms with Crippen molar-refractivity contribution < 1.29 is 9.53 Å². The molecule has 6 nitrogen and oxygen atoms in total. The van der Waals surface area contributed by atoms with E-state index in [-0.39, 0.29) is 5.91 Å². The largest absolute Gasteiger partial charge is 0.497 e. The number of carbonyl (C=O) groups is 1. The lowest BCUT2D eigenvalue weighted by atomic mass is 10.1. The van der Waals surface area contributed by atoms with E-state index in [1.165, 1.54) is 5.56 Å². The van der Waals surface area contributed by atoms with Gasteiger partial charge in [-0.3, -0.25) is 9.69 Å². The summed E-state index contributed by atoms with van der Waals surface area (Å²) in [6.45, 7) is 8.40. The minimum absolute atomic E-state index is 0.0253. The topological polar surface area (TPSA) is 56.8 Å². The summed E-state index contributed by atoms with van der Waals surface area (Å²) < 4.78 is 5.18. The number of anilines is 1. The number of nitrogens with one attached hydrogen (secondary N) is 2. The number of carbonyl (C=O) groups excluding carboxylic acids is 1. The van der Waals surface area contributed by atoms with E-state index in [1.54, 1.807) is 7.11 Å². The third-order valence-electron chi connectivity index (χ3n) is 5.51. The second-order valence-corrected chi connectivity index (χ2v) is 7.95. The molecule has 2 N–H and O–H groups in total. The second kappa shape index (κ2) is 10.4. The third-order valence-corrected chi connectivity index (χ3v) is 5.91. The second-order valence-electron chi connectivity index (χ2n) is 7.57. The molecule has 0 unspecified atom stereocenters. The number of benzene rings is 2. The molecule has 1 aliphatic heterocycles. The molecule has 0 spiro atoms. The summed E-state index contributed by atoms with van der Waals surface area (Å²) in [6.07, 6.45) is 0. The van der Waals surface area contributed by atoms with Crippen LogP contribution in [0.2, 0.25) is 0 Å². The molecule has 0 aliphatic carbocycles. The molecule has 160 valence electrons. The standard InChI is InChI=1S/C23H30N4O2S/c1-17-5-4-6-21(18(17)2)25-22(28)16-26-11-13-27(14-12-26)23(30)24-15-19-7-9-20(29-3)10-8-19/h4-10H,11-16H2,1-3H3,(H,24,30)(H,25,28). The van der Waals surface area contributed by atoms with Crippen molar-refractivity contribution in [3.8, 4) is 5.75 Å². The average molecular weight is 427 g/mol. The summed E-state index contributed by atoms with van der Waals surface area (Å²) in [5, 5.41) is 7.12. The summed E-state index contributed by atoms with van der Waals surface area (Å²) in [6, 6.07) is 13.9. The number of thiocarbonyl (C=S) groups is 1. The molecule has 7 heteroatoms. The molecule has 0 radical (unpaired) electrons. The summed E-state index contributed by atoms with van der Waals surface area (Å²) in [7, 11) is 1.66. The Kier molecular flexibility index (Phi) is 7.65. The molecule has 3 rings (SSSR count). The van der Waals surface area contributed by atoms with Crippen LogP contribution >= 0.6 is 12.2 Å². The molecule has 0 saturated carbocycles. The highest BCUT2D eigenvalue weighted by Gasteiger charge is 2.20. The van der Waals surface area contributed by atoms with Crippen molar-refractivity contribution in [3.63, 3.8) is 0 Å². The average Bonchev–Trinajstić information content (AvgIpc) is 2.76. The van der Waals surface area contributed by atoms with Crippen LogP contribution in [0.4, 0.5) is 5.69 Å². The van der Waals surface area contributed by atoms with E-state index in [0.29, 0.717) is 13.1 Å². The van der Waals surface area contributed by atoms with E-state index in [4.69, 9.17) is 17.0 Å². The molecule has 0 bridgehead atoms. The van der Waals surface area contributed by atoms with E-state index >= 15 is 0 Å². The van der Waals surface area contributed by atoms with Crippen molar-refractivity contribution in [2.24, 2.45) is 0 Å².